The van der Waals surface area contributed by atoms with Crippen molar-refractivity contribution in [3.8, 4) is 0 Å². The molecule has 1 amide bonds. The van der Waals surface area contributed by atoms with Crippen molar-refractivity contribution >= 4 is 33.5 Å². The molecular formula is C20H21ClN2O5S. The molecule has 1 saturated heterocycles. The van der Waals surface area contributed by atoms with Gasteiger partial charge in [-0.3, -0.25) is 4.79 Å². The monoisotopic (exact) mass is 436 g/mol. The molecule has 0 saturated carbocycles. The summed E-state index contributed by atoms with van der Waals surface area (Å²) in [7, 11) is -3.81. The van der Waals surface area contributed by atoms with Gasteiger partial charge in [-0.15, -0.1) is 0 Å². The van der Waals surface area contributed by atoms with Crippen LogP contribution >= 0.6 is 11.6 Å². The lowest BCUT2D eigenvalue weighted by Gasteiger charge is -2.18. The number of halogens is 1. The van der Waals surface area contributed by atoms with Gasteiger partial charge in [0.05, 0.1) is 5.02 Å². The second-order valence-electron chi connectivity index (χ2n) is 6.81. The molecule has 1 aliphatic rings. The maximum atomic E-state index is 12.8. The Morgan fingerprint density at radius 1 is 1.10 bits per heavy atom. The molecule has 0 aromatic heterocycles. The third kappa shape index (κ3) is 4.95. The van der Waals surface area contributed by atoms with E-state index in [0.29, 0.717) is 13.1 Å². The quantitative estimate of drug-likeness (QED) is 0.694. The number of sulfonamides is 1. The molecular weight excluding hydrogens is 416 g/mol. The van der Waals surface area contributed by atoms with Crippen molar-refractivity contribution < 1.29 is 23.1 Å². The fraction of sp³-hybridized carbons (Fsp3) is 0.300. The zero-order chi connectivity index (χ0) is 21.0. The first-order valence-corrected chi connectivity index (χ1v) is 11.0. The summed E-state index contributed by atoms with van der Waals surface area (Å²) in [4.78, 5) is 24.1. The van der Waals surface area contributed by atoms with Crippen LogP contribution < -0.4 is 5.32 Å². The molecule has 2 N–H and O–H groups in total. The van der Waals surface area contributed by atoms with E-state index in [0.717, 1.165) is 18.4 Å². The minimum Gasteiger partial charge on any atom is -0.480 e. The van der Waals surface area contributed by atoms with Crippen LogP contribution in [0.2, 0.25) is 5.02 Å². The first-order valence-electron chi connectivity index (χ1n) is 9.16. The molecule has 154 valence electrons. The van der Waals surface area contributed by atoms with Crippen LogP contribution in [-0.4, -0.2) is 48.8 Å². The highest BCUT2D eigenvalue weighted by Crippen LogP contribution is 2.28. The Morgan fingerprint density at radius 3 is 2.38 bits per heavy atom. The maximum absolute atomic E-state index is 12.8. The average Bonchev–Trinajstić information content (AvgIpc) is 3.24. The molecule has 1 aliphatic heterocycles. The summed E-state index contributed by atoms with van der Waals surface area (Å²) in [5, 5.41) is 11.9. The fourth-order valence-electron chi connectivity index (χ4n) is 3.20. The topological polar surface area (TPSA) is 104 Å². The third-order valence-corrected chi connectivity index (χ3v) is 7.14. The number of carbonyl (C=O) groups excluding carboxylic acids is 1. The number of hydrogen-bond donors (Lipinski definition) is 2. The van der Waals surface area contributed by atoms with E-state index >= 15 is 0 Å². The Bertz CT molecular complexity index is 1000. The van der Waals surface area contributed by atoms with Crippen molar-refractivity contribution in [2.45, 2.75) is 30.2 Å². The van der Waals surface area contributed by atoms with Gasteiger partial charge >= 0.3 is 5.97 Å². The van der Waals surface area contributed by atoms with Gasteiger partial charge in [0.25, 0.3) is 5.91 Å². The Hall–Kier alpha value is -2.42. The van der Waals surface area contributed by atoms with Crippen LogP contribution in [0.3, 0.4) is 0 Å². The number of carbonyl (C=O) groups is 2. The molecule has 2 aromatic rings. The molecule has 1 heterocycles. The summed E-state index contributed by atoms with van der Waals surface area (Å²) in [5.74, 6) is -1.86. The van der Waals surface area contributed by atoms with Crippen LogP contribution in [0.25, 0.3) is 0 Å². The molecule has 0 aliphatic carbocycles. The van der Waals surface area contributed by atoms with Crippen molar-refractivity contribution in [2.24, 2.45) is 0 Å². The average molecular weight is 437 g/mol. The van der Waals surface area contributed by atoms with Gasteiger partial charge in [-0.1, -0.05) is 41.9 Å². The van der Waals surface area contributed by atoms with Gasteiger partial charge in [-0.25, -0.2) is 13.2 Å². The smallest absolute Gasteiger partial charge is 0.326 e. The van der Waals surface area contributed by atoms with Crippen molar-refractivity contribution in [2.75, 3.05) is 13.1 Å². The number of aliphatic carboxylic acids is 1. The van der Waals surface area contributed by atoms with Gasteiger partial charge in [-0.2, -0.15) is 4.31 Å². The predicted octanol–water partition coefficient (Wildman–Crippen LogP) is 2.55. The highest BCUT2D eigenvalue weighted by Gasteiger charge is 2.30. The highest BCUT2D eigenvalue weighted by atomic mass is 35.5. The van der Waals surface area contributed by atoms with E-state index in [-0.39, 0.29) is 21.9 Å². The van der Waals surface area contributed by atoms with Crippen molar-refractivity contribution in [1.82, 2.24) is 9.62 Å². The molecule has 1 atom stereocenters. The third-order valence-electron chi connectivity index (χ3n) is 4.76. The van der Waals surface area contributed by atoms with E-state index in [9.17, 15) is 23.1 Å². The Balaban J connectivity index is 1.82. The first kappa shape index (κ1) is 21.3. The number of carboxylic acids is 1. The Labute approximate surface area is 174 Å². The summed E-state index contributed by atoms with van der Waals surface area (Å²) >= 11 is 6.10. The van der Waals surface area contributed by atoms with E-state index in [1.807, 2.05) is 6.07 Å². The highest BCUT2D eigenvalue weighted by molar-refractivity contribution is 7.89. The molecule has 29 heavy (non-hydrogen) atoms. The van der Waals surface area contributed by atoms with Gasteiger partial charge in [0.1, 0.15) is 10.9 Å². The molecule has 0 radical (unpaired) electrons. The maximum Gasteiger partial charge on any atom is 0.326 e. The second-order valence-corrected chi connectivity index (χ2v) is 9.12. The summed E-state index contributed by atoms with van der Waals surface area (Å²) in [6.07, 6.45) is 1.65. The SMILES string of the molecule is O=C(N[C@@H](Cc1ccccc1)C(=O)O)c1ccc(Cl)c(S(=O)(=O)N2CCCC2)c1. The molecule has 0 spiro atoms. The van der Waals surface area contributed by atoms with E-state index < -0.39 is 27.9 Å². The number of nitrogens with one attached hydrogen (secondary N) is 1. The normalized spacial score (nSPS) is 15.8. The predicted molar refractivity (Wildman–Crippen MR) is 108 cm³/mol. The van der Waals surface area contributed by atoms with Crippen LogP contribution in [0, 0.1) is 0 Å². The molecule has 7 nitrogen and oxygen atoms in total. The summed E-state index contributed by atoms with van der Waals surface area (Å²) in [5.41, 5.74) is 0.792. The number of amides is 1. The standard InChI is InChI=1S/C20H21ClN2O5S/c21-16-9-8-15(13-18(16)29(27,28)23-10-4-5-11-23)19(24)22-17(20(25)26)12-14-6-2-1-3-7-14/h1-3,6-9,13,17H,4-5,10-12H2,(H,22,24)(H,25,26)/t17-/m0/s1. The zero-order valence-corrected chi connectivity index (χ0v) is 17.1. The van der Waals surface area contributed by atoms with Crippen LogP contribution in [0.15, 0.2) is 53.4 Å². The minimum atomic E-state index is -3.81. The number of rotatable bonds is 7. The van der Waals surface area contributed by atoms with Gasteiger partial charge < -0.3 is 10.4 Å². The van der Waals surface area contributed by atoms with E-state index in [1.54, 1.807) is 24.3 Å². The number of hydrogen-bond acceptors (Lipinski definition) is 4. The van der Waals surface area contributed by atoms with Gasteiger partial charge in [0, 0.05) is 25.1 Å². The zero-order valence-electron chi connectivity index (χ0n) is 15.5. The Kier molecular flexibility index (Phi) is 6.56. The lowest BCUT2D eigenvalue weighted by atomic mass is 10.1. The van der Waals surface area contributed by atoms with Crippen LogP contribution in [0.1, 0.15) is 28.8 Å². The van der Waals surface area contributed by atoms with Crippen molar-refractivity contribution in [1.29, 1.82) is 0 Å². The van der Waals surface area contributed by atoms with E-state index in [1.165, 1.54) is 22.5 Å². The van der Waals surface area contributed by atoms with Crippen LogP contribution in [-0.2, 0) is 21.2 Å². The van der Waals surface area contributed by atoms with Crippen LogP contribution in [0.5, 0.6) is 0 Å². The van der Waals surface area contributed by atoms with Crippen molar-refractivity contribution in [3.63, 3.8) is 0 Å². The summed E-state index contributed by atoms with van der Waals surface area (Å²) in [6, 6.07) is 11.7. The minimum absolute atomic E-state index is 0.0209. The molecule has 0 bridgehead atoms. The number of benzene rings is 2. The van der Waals surface area contributed by atoms with E-state index in [4.69, 9.17) is 11.6 Å². The fourth-order valence-corrected chi connectivity index (χ4v) is 5.22. The summed E-state index contributed by atoms with van der Waals surface area (Å²) in [6.45, 7) is 0.820. The molecule has 9 heteroatoms. The molecule has 2 aromatic carbocycles. The van der Waals surface area contributed by atoms with E-state index in [2.05, 4.69) is 5.32 Å². The van der Waals surface area contributed by atoms with Gasteiger partial charge in [-0.05, 0) is 36.6 Å². The van der Waals surface area contributed by atoms with Gasteiger partial charge in [0.15, 0.2) is 0 Å². The first-order chi connectivity index (χ1) is 13.8. The Morgan fingerprint density at radius 2 is 1.76 bits per heavy atom. The molecule has 1 fully saturated rings. The summed E-state index contributed by atoms with van der Waals surface area (Å²) < 4.78 is 27.0. The lowest BCUT2D eigenvalue weighted by molar-refractivity contribution is -0.139. The van der Waals surface area contributed by atoms with Crippen molar-refractivity contribution in [3.05, 3.63) is 64.7 Å². The van der Waals surface area contributed by atoms with Gasteiger partial charge in [0.2, 0.25) is 10.0 Å². The molecule has 3 rings (SSSR count). The number of carboxylic acid groups (broad SMARTS) is 1. The molecule has 0 unspecified atom stereocenters. The van der Waals surface area contributed by atoms with Crippen LogP contribution in [0.4, 0.5) is 0 Å². The largest absolute Gasteiger partial charge is 0.480 e. The second kappa shape index (κ2) is 8.94. The lowest BCUT2D eigenvalue weighted by Crippen LogP contribution is -2.42. The number of nitrogens with zero attached hydrogens (tertiary/aromatic N) is 1.